The number of aliphatic carboxylic acids is 1. The molecule has 1 aromatic carbocycles. The van der Waals surface area contributed by atoms with Gasteiger partial charge in [-0.25, -0.2) is 4.98 Å². The van der Waals surface area contributed by atoms with Gasteiger partial charge in [0.2, 0.25) is 0 Å². The van der Waals surface area contributed by atoms with Crippen LogP contribution in [0.4, 0.5) is 0 Å². The van der Waals surface area contributed by atoms with Crippen molar-refractivity contribution in [2.45, 2.75) is 5.75 Å². The average Bonchev–Trinajstić information content (AvgIpc) is 2.78. The first-order valence-corrected chi connectivity index (χ1v) is 7.56. The third kappa shape index (κ3) is 3.73. The van der Waals surface area contributed by atoms with Gasteiger partial charge < -0.3 is 5.11 Å². The number of halogens is 1. The lowest BCUT2D eigenvalue weighted by Gasteiger charge is -1.96. The van der Waals surface area contributed by atoms with Gasteiger partial charge in [-0.1, -0.05) is 23.7 Å². The van der Waals surface area contributed by atoms with Crippen LogP contribution in [0.2, 0.25) is 5.02 Å². The summed E-state index contributed by atoms with van der Waals surface area (Å²) in [5.41, 5.74) is 1.94. The van der Waals surface area contributed by atoms with E-state index in [0.717, 1.165) is 16.3 Å². The number of carboxylic acid groups (broad SMARTS) is 1. The lowest BCUT2D eigenvalue weighted by atomic mass is 10.2. The van der Waals surface area contributed by atoms with Gasteiger partial charge in [-0.05, 0) is 12.1 Å². The molecule has 1 heterocycles. The highest BCUT2D eigenvalue weighted by molar-refractivity contribution is 7.99. The second-order valence-corrected chi connectivity index (χ2v) is 5.82. The minimum atomic E-state index is -0.798. The van der Waals surface area contributed by atoms with E-state index in [2.05, 4.69) is 4.98 Å². The molecule has 3 nitrogen and oxygen atoms in total. The van der Waals surface area contributed by atoms with Crippen molar-refractivity contribution < 1.29 is 9.90 Å². The van der Waals surface area contributed by atoms with Crippen LogP contribution in [0.1, 0.15) is 5.69 Å². The zero-order valence-corrected chi connectivity index (χ0v) is 11.7. The van der Waals surface area contributed by atoms with Crippen molar-refractivity contribution in [2.75, 3.05) is 5.75 Å². The molecule has 0 aliphatic heterocycles. The van der Waals surface area contributed by atoms with E-state index in [4.69, 9.17) is 16.7 Å². The van der Waals surface area contributed by atoms with Crippen molar-refractivity contribution in [2.24, 2.45) is 0 Å². The van der Waals surface area contributed by atoms with Crippen molar-refractivity contribution in [1.29, 1.82) is 0 Å². The normalized spacial score (nSPS) is 10.5. The molecule has 0 aliphatic carbocycles. The lowest BCUT2D eigenvalue weighted by Crippen LogP contribution is -1.98. The van der Waals surface area contributed by atoms with Crippen LogP contribution in [0.5, 0.6) is 0 Å². The van der Waals surface area contributed by atoms with Crippen LogP contribution >= 0.6 is 34.7 Å². The molecule has 0 bridgehead atoms. The Kier molecular flexibility index (Phi) is 4.63. The number of thioether (sulfide) groups is 1. The Balaban J connectivity index is 2.01. The molecular formula is C12H10ClNO2S2. The topological polar surface area (TPSA) is 50.2 Å². The van der Waals surface area contributed by atoms with Gasteiger partial charge in [0.25, 0.3) is 0 Å². The van der Waals surface area contributed by atoms with Gasteiger partial charge in [0.05, 0.1) is 11.4 Å². The highest BCUT2D eigenvalue weighted by atomic mass is 35.5. The maximum absolute atomic E-state index is 10.4. The molecule has 1 aromatic heterocycles. The molecule has 2 rings (SSSR count). The maximum Gasteiger partial charge on any atom is 0.313 e. The molecule has 0 fully saturated rings. The fourth-order valence-corrected chi connectivity index (χ4v) is 3.03. The van der Waals surface area contributed by atoms with Gasteiger partial charge in [-0.3, -0.25) is 4.79 Å². The number of aromatic nitrogens is 1. The Hall–Kier alpha value is -1.04. The van der Waals surface area contributed by atoms with Crippen molar-refractivity contribution in [3.63, 3.8) is 0 Å². The molecule has 2 aromatic rings. The second-order valence-electron chi connectivity index (χ2n) is 3.54. The summed E-state index contributed by atoms with van der Waals surface area (Å²) in [7, 11) is 0. The first-order valence-electron chi connectivity index (χ1n) is 5.15. The van der Waals surface area contributed by atoms with Gasteiger partial charge in [0.15, 0.2) is 0 Å². The number of rotatable bonds is 5. The summed E-state index contributed by atoms with van der Waals surface area (Å²) >= 11 is 8.73. The molecule has 0 radical (unpaired) electrons. The van der Waals surface area contributed by atoms with Gasteiger partial charge >= 0.3 is 5.97 Å². The summed E-state index contributed by atoms with van der Waals surface area (Å²) in [6.07, 6.45) is 0. The van der Waals surface area contributed by atoms with Crippen LogP contribution in [0.25, 0.3) is 10.6 Å². The molecule has 0 unspecified atom stereocenters. The second kappa shape index (κ2) is 6.22. The van der Waals surface area contributed by atoms with E-state index >= 15 is 0 Å². The quantitative estimate of drug-likeness (QED) is 0.913. The predicted octanol–water partition coefficient (Wildman–Crippen LogP) is 3.78. The van der Waals surface area contributed by atoms with Crippen LogP contribution in [-0.2, 0) is 10.5 Å². The van der Waals surface area contributed by atoms with E-state index in [-0.39, 0.29) is 5.75 Å². The Morgan fingerprint density at radius 2 is 2.11 bits per heavy atom. The van der Waals surface area contributed by atoms with E-state index in [1.165, 1.54) is 11.8 Å². The molecule has 0 saturated carbocycles. The van der Waals surface area contributed by atoms with Gasteiger partial charge in [-0.2, -0.15) is 0 Å². The molecule has 18 heavy (non-hydrogen) atoms. The number of carboxylic acids is 1. The van der Waals surface area contributed by atoms with Crippen LogP contribution in [-0.4, -0.2) is 21.8 Å². The summed E-state index contributed by atoms with van der Waals surface area (Å²) in [5, 5.41) is 12.1. The Morgan fingerprint density at radius 1 is 1.39 bits per heavy atom. The highest BCUT2D eigenvalue weighted by Gasteiger charge is 2.05. The third-order valence-corrected chi connectivity index (χ3v) is 4.26. The van der Waals surface area contributed by atoms with Crippen molar-refractivity contribution in [1.82, 2.24) is 4.98 Å². The molecule has 6 heteroatoms. The zero-order chi connectivity index (χ0) is 13.0. The van der Waals surface area contributed by atoms with Crippen LogP contribution in [0.3, 0.4) is 0 Å². The first-order chi connectivity index (χ1) is 8.65. The number of benzene rings is 1. The predicted molar refractivity (Wildman–Crippen MR) is 76.4 cm³/mol. The highest BCUT2D eigenvalue weighted by Crippen LogP contribution is 2.26. The van der Waals surface area contributed by atoms with E-state index in [9.17, 15) is 4.79 Å². The number of thiazole rings is 1. The number of hydrogen-bond donors (Lipinski definition) is 1. The summed E-state index contributed by atoms with van der Waals surface area (Å²) in [5.74, 6) is -0.0716. The van der Waals surface area contributed by atoms with Gasteiger partial charge in [-0.15, -0.1) is 23.1 Å². The number of hydrogen-bond acceptors (Lipinski definition) is 4. The Morgan fingerprint density at radius 3 is 2.78 bits per heavy atom. The van der Waals surface area contributed by atoms with E-state index < -0.39 is 5.97 Å². The molecule has 0 atom stereocenters. The molecule has 0 amide bonds. The largest absolute Gasteiger partial charge is 0.481 e. The molecule has 0 saturated heterocycles. The summed E-state index contributed by atoms with van der Waals surface area (Å²) in [6.45, 7) is 0. The fraction of sp³-hybridized carbons (Fsp3) is 0.167. The van der Waals surface area contributed by atoms with Crippen LogP contribution in [0, 0.1) is 0 Å². The third-order valence-electron chi connectivity index (χ3n) is 2.12. The summed E-state index contributed by atoms with van der Waals surface area (Å²) in [6, 6.07) is 7.51. The van der Waals surface area contributed by atoms with Gasteiger partial charge in [0, 0.05) is 21.7 Å². The Bertz CT molecular complexity index is 539. The van der Waals surface area contributed by atoms with E-state index in [1.54, 1.807) is 11.3 Å². The smallest absolute Gasteiger partial charge is 0.313 e. The Labute approximate surface area is 118 Å². The van der Waals surface area contributed by atoms with E-state index in [1.807, 2.05) is 29.6 Å². The summed E-state index contributed by atoms with van der Waals surface area (Å²) < 4.78 is 0. The lowest BCUT2D eigenvalue weighted by molar-refractivity contribution is -0.133. The first kappa shape index (κ1) is 13.4. The van der Waals surface area contributed by atoms with Crippen molar-refractivity contribution in [3.05, 3.63) is 40.4 Å². The zero-order valence-electron chi connectivity index (χ0n) is 9.30. The van der Waals surface area contributed by atoms with Crippen molar-refractivity contribution >= 4 is 40.7 Å². The standard InChI is InChI=1S/C12H10ClNO2S2/c13-9-3-1-8(2-4-9)12-14-10(6-18-12)5-17-7-11(15)16/h1-4,6H,5,7H2,(H,15,16). The molecule has 94 valence electrons. The molecule has 1 N–H and O–H groups in total. The summed E-state index contributed by atoms with van der Waals surface area (Å²) in [4.78, 5) is 14.9. The fourth-order valence-electron chi connectivity index (χ4n) is 1.34. The van der Waals surface area contributed by atoms with Gasteiger partial charge in [0.1, 0.15) is 5.01 Å². The van der Waals surface area contributed by atoms with Crippen molar-refractivity contribution in [3.8, 4) is 10.6 Å². The van der Waals surface area contributed by atoms with Crippen LogP contribution in [0.15, 0.2) is 29.6 Å². The molecule has 0 spiro atoms. The average molecular weight is 300 g/mol. The number of carbonyl (C=O) groups is 1. The molecule has 0 aliphatic rings. The van der Waals surface area contributed by atoms with E-state index in [0.29, 0.717) is 10.8 Å². The SMILES string of the molecule is O=C(O)CSCc1csc(-c2ccc(Cl)cc2)n1. The monoisotopic (exact) mass is 299 g/mol. The maximum atomic E-state index is 10.4. The minimum Gasteiger partial charge on any atom is -0.481 e. The van der Waals surface area contributed by atoms with Crippen LogP contribution < -0.4 is 0 Å². The molecular weight excluding hydrogens is 290 g/mol. The number of nitrogens with zero attached hydrogens (tertiary/aromatic N) is 1. The minimum absolute atomic E-state index is 0.105.